The van der Waals surface area contributed by atoms with Crippen molar-refractivity contribution in [2.24, 2.45) is 5.41 Å². The largest absolute Gasteiger partial charge is 0.314 e. The van der Waals surface area contributed by atoms with Crippen LogP contribution in [-0.2, 0) is 0 Å². The van der Waals surface area contributed by atoms with Crippen LogP contribution in [0.2, 0.25) is 0 Å². The predicted octanol–water partition coefficient (Wildman–Crippen LogP) is 2.57. The van der Waals surface area contributed by atoms with E-state index in [0.717, 1.165) is 6.04 Å². The Morgan fingerprint density at radius 2 is 1.90 bits per heavy atom. The van der Waals surface area contributed by atoms with Gasteiger partial charge < -0.3 is 10.2 Å². The lowest BCUT2D eigenvalue weighted by molar-refractivity contribution is 0.0567. The maximum absolute atomic E-state index is 3.71. The van der Waals surface area contributed by atoms with Gasteiger partial charge in [-0.25, -0.2) is 0 Å². The van der Waals surface area contributed by atoms with Gasteiger partial charge in [0.15, 0.2) is 0 Å². The Morgan fingerprint density at radius 3 is 2.50 bits per heavy atom. The topological polar surface area (TPSA) is 18.5 Å². The Hall–Kier alpha value is -0.120. The van der Waals surface area contributed by atoms with Crippen molar-refractivity contribution >= 4 is 0 Å². The third-order valence-electron chi connectivity index (χ3n) is 5.44. The molecule has 0 spiro atoms. The number of likely N-dealkylation sites (N-methyl/N-ethyl adjacent to an activating group) is 1. The molecular formula is C17H35N3. The molecule has 0 aromatic rings. The maximum atomic E-state index is 3.71. The number of nitrogens with one attached hydrogen (secondary N) is 1. The summed E-state index contributed by atoms with van der Waals surface area (Å²) in [5, 5.41) is 3.71. The highest BCUT2D eigenvalue weighted by Gasteiger charge is 2.36. The van der Waals surface area contributed by atoms with Gasteiger partial charge in [0, 0.05) is 44.8 Å². The maximum Gasteiger partial charge on any atom is 0.0218 e. The summed E-state index contributed by atoms with van der Waals surface area (Å²) in [5.41, 5.74) is 0.554. The smallest absolute Gasteiger partial charge is 0.0218 e. The summed E-state index contributed by atoms with van der Waals surface area (Å²) in [6.45, 7) is 13.2. The number of hydrogen-bond donors (Lipinski definition) is 1. The predicted molar refractivity (Wildman–Crippen MR) is 87.2 cm³/mol. The zero-order valence-electron chi connectivity index (χ0n) is 14.1. The fourth-order valence-corrected chi connectivity index (χ4v) is 4.01. The van der Waals surface area contributed by atoms with Crippen LogP contribution in [-0.4, -0.2) is 61.7 Å². The van der Waals surface area contributed by atoms with Crippen LogP contribution < -0.4 is 5.32 Å². The Morgan fingerprint density at radius 1 is 1.20 bits per heavy atom. The first kappa shape index (κ1) is 16.3. The summed E-state index contributed by atoms with van der Waals surface area (Å²) in [6.07, 6.45) is 7.01. The van der Waals surface area contributed by atoms with Crippen molar-refractivity contribution < 1.29 is 0 Å². The van der Waals surface area contributed by atoms with Gasteiger partial charge in [0.2, 0.25) is 0 Å². The van der Waals surface area contributed by atoms with Gasteiger partial charge in [-0.15, -0.1) is 0 Å². The van der Waals surface area contributed by atoms with E-state index in [9.17, 15) is 0 Å². The van der Waals surface area contributed by atoms with E-state index >= 15 is 0 Å². The molecule has 1 N–H and O–H groups in total. The third-order valence-corrected chi connectivity index (χ3v) is 5.44. The van der Waals surface area contributed by atoms with E-state index in [0.29, 0.717) is 11.5 Å². The van der Waals surface area contributed by atoms with E-state index in [1.54, 1.807) is 0 Å². The highest BCUT2D eigenvalue weighted by Crippen LogP contribution is 2.38. The van der Waals surface area contributed by atoms with Gasteiger partial charge in [-0.05, 0) is 31.7 Å². The average molecular weight is 281 g/mol. The van der Waals surface area contributed by atoms with Gasteiger partial charge in [-0.2, -0.15) is 0 Å². The minimum atomic E-state index is 0.554. The van der Waals surface area contributed by atoms with Crippen LogP contribution in [0.5, 0.6) is 0 Å². The molecule has 2 rings (SSSR count). The molecule has 0 aromatic carbocycles. The molecule has 1 heterocycles. The van der Waals surface area contributed by atoms with E-state index in [1.165, 1.54) is 64.8 Å². The van der Waals surface area contributed by atoms with E-state index in [1.807, 2.05) is 0 Å². The Labute approximate surface area is 126 Å². The van der Waals surface area contributed by atoms with Crippen molar-refractivity contribution in [3.8, 4) is 0 Å². The van der Waals surface area contributed by atoms with Crippen molar-refractivity contribution in [3.63, 3.8) is 0 Å². The highest BCUT2D eigenvalue weighted by atomic mass is 15.3. The van der Waals surface area contributed by atoms with E-state index in [2.05, 4.69) is 42.9 Å². The normalized spacial score (nSPS) is 28.4. The Kier molecular flexibility index (Phi) is 5.88. The van der Waals surface area contributed by atoms with E-state index in [4.69, 9.17) is 0 Å². The van der Waals surface area contributed by atoms with Crippen LogP contribution in [0.4, 0.5) is 0 Å². The van der Waals surface area contributed by atoms with E-state index in [-0.39, 0.29) is 0 Å². The van der Waals surface area contributed by atoms with Gasteiger partial charge in [-0.1, -0.05) is 33.6 Å². The Balaban J connectivity index is 1.91. The standard InChI is InChI=1S/C17H35N3/c1-5-16-12-20(11-10-19(16)4)14-17(8-6-7-9-17)13-18-15(2)3/h15-16,18H,5-14H2,1-4H3. The van der Waals surface area contributed by atoms with Crippen LogP contribution in [0.25, 0.3) is 0 Å². The first-order chi connectivity index (χ1) is 9.54. The van der Waals surface area contributed by atoms with Crippen LogP contribution in [0.3, 0.4) is 0 Å². The van der Waals surface area contributed by atoms with Crippen molar-refractivity contribution in [1.82, 2.24) is 15.1 Å². The number of piperazine rings is 1. The molecule has 0 amide bonds. The fourth-order valence-electron chi connectivity index (χ4n) is 4.01. The molecule has 20 heavy (non-hydrogen) atoms. The van der Waals surface area contributed by atoms with Crippen LogP contribution in [0.15, 0.2) is 0 Å². The second-order valence-corrected chi connectivity index (χ2v) is 7.52. The molecule has 1 unspecified atom stereocenters. The van der Waals surface area contributed by atoms with Gasteiger partial charge in [0.25, 0.3) is 0 Å². The molecule has 118 valence electrons. The second-order valence-electron chi connectivity index (χ2n) is 7.52. The minimum Gasteiger partial charge on any atom is -0.314 e. The Bertz CT molecular complexity index is 284. The zero-order valence-corrected chi connectivity index (χ0v) is 14.1. The quantitative estimate of drug-likeness (QED) is 0.807. The van der Waals surface area contributed by atoms with Crippen LogP contribution in [0.1, 0.15) is 52.9 Å². The first-order valence-corrected chi connectivity index (χ1v) is 8.71. The third kappa shape index (κ3) is 4.19. The molecule has 0 aromatic heterocycles. The van der Waals surface area contributed by atoms with Gasteiger partial charge >= 0.3 is 0 Å². The summed E-state index contributed by atoms with van der Waals surface area (Å²) in [4.78, 5) is 5.30. The molecule has 1 saturated heterocycles. The molecule has 3 nitrogen and oxygen atoms in total. The molecule has 1 atom stereocenters. The van der Waals surface area contributed by atoms with Crippen molar-refractivity contribution in [2.75, 3.05) is 39.8 Å². The minimum absolute atomic E-state index is 0.554. The first-order valence-electron chi connectivity index (χ1n) is 8.71. The van der Waals surface area contributed by atoms with Gasteiger partial charge in [-0.3, -0.25) is 4.90 Å². The van der Waals surface area contributed by atoms with Crippen molar-refractivity contribution in [3.05, 3.63) is 0 Å². The molecule has 2 aliphatic rings. The summed E-state index contributed by atoms with van der Waals surface area (Å²) in [7, 11) is 2.29. The molecule has 1 saturated carbocycles. The lowest BCUT2D eigenvalue weighted by atomic mass is 9.84. The summed E-state index contributed by atoms with van der Waals surface area (Å²) in [6, 6.07) is 1.38. The SMILES string of the molecule is CCC1CN(CC2(CNC(C)C)CCCC2)CCN1C. The number of rotatable bonds is 6. The molecular weight excluding hydrogens is 246 g/mol. The molecule has 1 aliphatic carbocycles. The average Bonchev–Trinajstić information content (AvgIpc) is 2.88. The number of nitrogens with zero attached hydrogens (tertiary/aromatic N) is 2. The summed E-state index contributed by atoms with van der Waals surface area (Å²) in [5.74, 6) is 0. The van der Waals surface area contributed by atoms with Crippen molar-refractivity contribution in [1.29, 1.82) is 0 Å². The van der Waals surface area contributed by atoms with Gasteiger partial charge in [0.1, 0.15) is 0 Å². The number of hydrogen-bond acceptors (Lipinski definition) is 3. The highest BCUT2D eigenvalue weighted by molar-refractivity contribution is 4.92. The van der Waals surface area contributed by atoms with Crippen LogP contribution in [0, 0.1) is 5.41 Å². The second kappa shape index (κ2) is 7.24. The summed E-state index contributed by atoms with van der Waals surface area (Å²) >= 11 is 0. The zero-order chi connectivity index (χ0) is 14.6. The lowest BCUT2D eigenvalue weighted by Gasteiger charge is -2.43. The molecule has 2 fully saturated rings. The molecule has 0 radical (unpaired) electrons. The van der Waals surface area contributed by atoms with E-state index < -0.39 is 0 Å². The molecule has 3 heteroatoms. The monoisotopic (exact) mass is 281 g/mol. The fraction of sp³-hybridized carbons (Fsp3) is 1.00. The summed E-state index contributed by atoms with van der Waals surface area (Å²) < 4.78 is 0. The van der Waals surface area contributed by atoms with Gasteiger partial charge in [0.05, 0.1) is 0 Å². The molecule has 1 aliphatic heterocycles. The molecule has 0 bridgehead atoms. The lowest BCUT2D eigenvalue weighted by Crippen LogP contribution is -2.54. The van der Waals surface area contributed by atoms with Crippen LogP contribution >= 0.6 is 0 Å². The van der Waals surface area contributed by atoms with Crippen molar-refractivity contribution in [2.45, 2.75) is 65.0 Å².